The second-order valence-corrected chi connectivity index (χ2v) is 4.35. The molecule has 0 saturated heterocycles. The van der Waals surface area contributed by atoms with Crippen LogP contribution in [0.1, 0.15) is 48.3 Å². The zero-order valence-corrected chi connectivity index (χ0v) is 9.37. The van der Waals surface area contributed by atoms with Gasteiger partial charge in [-0.05, 0) is 41.4 Å². The molecule has 1 aliphatic carbocycles. The van der Waals surface area contributed by atoms with E-state index in [1.165, 1.54) is 29.5 Å². The van der Waals surface area contributed by atoms with Crippen molar-refractivity contribution in [2.75, 3.05) is 0 Å². The molecule has 78 valence electrons. The minimum atomic E-state index is 0.414. The fraction of sp³-hybridized carbons (Fsp3) is 0.333. The molecule has 0 aliphatic heterocycles. The van der Waals surface area contributed by atoms with E-state index >= 15 is 0 Å². The van der Waals surface area contributed by atoms with Crippen molar-refractivity contribution in [1.29, 1.82) is 0 Å². The summed E-state index contributed by atoms with van der Waals surface area (Å²) in [4.78, 5) is 0. The molecule has 2 rings (SSSR count). The summed E-state index contributed by atoms with van der Waals surface area (Å²) < 4.78 is 0. The van der Waals surface area contributed by atoms with E-state index in [-0.39, 0.29) is 0 Å². The SMILES string of the molecule is C=Cc1c(C(C)C=C)cccc1C1CC1. The summed E-state index contributed by atoms with van der Waals surface area (Å²) in [6.45, 7) is 10.00. The minimum Gasteiger partial charge on any atom is -0.102 e. The van der Waals surface area contributed by atoms with E-state index in [0.29, 0.717) is 5.92 Å². The Kier molecular flexibility index (Phi) is 2.77. The van der Waals surface area contributed by atoms with Crippen molar-refractivity contribution in [1.82, 2.24) is 0 Å². The molecule has 1 atom stereocenters. The van der Waals surface area contributed by atoms with Crippen molar-refractivity contribution in [3.8, 4) is 0 Å². The summed E-state index contributed by atoms with van der Waals surface area (Å²) in [6, 6.07) is 6.60. The normalized spacial score (nSPS) is 17.1. The molecule has 1 aromatic rings. The Morgan fingerprint density at radius 1 is 1.33 bits per heavy atom. The van der Waals surface area contributed by atoms with Crippen molar-refractivity contribution >= 4 is 6.08 Å². The highest BCUT2D eigenvalue weighted by Gasteiger charge is 2.26. The first-order chi connectivity index (χ1) is 7.27. The molecular weight excluding hydrogens is 180 g/mol. The maximum atomic E-state index is 3.94. The number of hydrogen-bond acceptors (Lipinski definition) is 0. The molecule has 0 bridgehead atoms. The molecule has 1 aromatic carbocycles. The Bertz CT molecular complexity index is 383. The fourth-order valence-electron chi connectivity index (χ4n) is 2.11. The van der Waals surface area contributed by atoms with E-state index in [0.717, 1.165) is 5.92 Å². The predicted molar refractivity (Wildman–Crippen MR) is 67.1 cm³/mol. The second-order valence-electron chi connectivity index (χ2n) is 4.35. The molecule has 1 fully saturated rings. The summed E-state index contributed by atoms with van der Waals surface area (Å²) in [6.07, 6.45) is 6.68. The van der Waals surface area contributed by atoms with E-state index in [4.69, 9.17) is 0 Å². The molecule has 0 aromatic heterocycles. The highest BCUT2D eigenvalue weighted by molar-refractivity contribution is 5.59. The van der Waals surface area contributed by atoms with Gasteiger partial charge in [0.15, 0.2) is 0 Å². The third-order valence-electron chi connectivity index (χ3n) is 3.24. The lowest BCUT2D eigenvalue weighted by Gasteiger charge is -2.14. The van der Waals surface area contributed by atoms with Gasteiger partial charge in [0.05, 0.1) is 0 Å². The van der Waals surface area contributed by atoms with Gasteiger partial charge in [-0.1, -0.05) is 43.9 Å². The Morgan fingerprint density at radius 2 is 2.07 bits per heavy atom. The van der Waals surface area contributed by atoms with Crippen LogP contribution < -0.4 is 0 Å². The van der Waals surface area contributed by atoms with Gasteiger partial charge in [-0.25, -0.2) is 0 Å². The molecule has 0 nitrogen and oxygen atoms in total. The van der Waals surface area contributed by atoms with Crippen LogP contribution in [-0.4, -0.2) is 0 Å². The molecule has 0 spiro atoms. The van der Waals surface area contributed by atoms with Crippen LogP contribution in [0, 0.1) is 0 Å². The second kappa shape index (κ2) is 4.06. The maximum absolute atomic E-state index is 3.94. The highest BCUT2D eigenvalue weighted by atomic mass is 14.3. The van der Waals surface area contributed by atoms with E-state index in [1.54, 1.807) is 0 Å². The number of allylic oxidation sites excluding steroid dienone is 1. The summed E-state index contributed by atoms with van der Waals surface area (Å²) in [7, 11) is 0. The molecule has 1 unspecified atom stereocenters. The van der Waals surface area contributed by atoms with E-state index in [9.17, 15) is 0 Å². The van der Waals surface area contributed by atoms with E-state index < -0.39 is 0 Å². The lowest BCUT2D eigenvalue weighted by atomic mass is 9.90. The Hall–Kier alpha value is -1.30. The van der Waals surface area contributed by atoms with Crippen LogP contribution in [0.5, 0.6) is 0 Å². The molecule has 0 heteroatoms. The monoisotopic (exact) mass is 198 g/mol. The topological polar surface area (TPSA) is 0 Å². The maximum Gasteiger partial charge on any atom is -0.000708 e. The van der Waals surface area contributed by atoms with Crippen molar-refractivity contribution in [2.24, 2.45) is 0 Å². The van der Waals surface area contributed by atoms with Crippen LogP contribution in [-0.2, 0) is 0 Å². The summed E-state index contributed by atoms with van der Waals surface area (Å²) in [5.74, 6) is 1.20. The largest absolute Gasteiger partial charge is 0.102 e. The molecule has 0 N–H and O–H groups in total. The van der Waals surface area contributed by atoms with Crippen molar-refractivity contribution in [2.45, 2.75) is 31.6 Å². The fourth-order valence-corrected chi connectivity index (χ4v) is 2.11. The Morgan fingerprint density at radius 3 is 2.60 bits per heavy atom. The Labute approximate surface area is 92.3 Å². The molecule has 0 heterocycles. The first-order valence-electron chi connectivity index (χ1n) is 5.65. The third-order valence-corrected chi connectivity index (χ3v) is 3.24. The van der Waals surface area contributed by atoms with Crippen molar-refractivity contribution < 1.29 is 0 Å². The van der Waals surface area contributed by atoms with E-state index in [2.05, 4.69) is 38.3 Å². The highest BCUT2D eigenvalue weighted by Crippen LogP contribution is 2.43. The van der Waals surface area contributed by atoms with Gasteiger partial charge in [0.25, 0.3) is 0 Å². The van der Waals surface area contributed by atoms with Gasteiger partial charge in [-0.3, -0.25) is 0 Å². The number of benzene rings is 1. The third kappa shape index (κ3) is 1.90. The van der Waals surface area contributed by atoms with Crippen LogP contribution in [0.4, 0.5) is 0 Å². The molecule has 0 amide bonds. The smallest absolute Gasteiger partial charge is 0.000708 e. The summed E-state index contributed by atoms with van der Waals surface area (Å²) in [5.41, 5.74) is 4.19. The lowest BCUT2D eigenvalue weighted by molar-refractivity contribution is 0.954. The van der Waals surface area contributed by atoms with Gasteiger partial charge < -0.3 is 0 Å². The van der Waals surface area contributed by atoms with Gasteiger partial charge in [-0.15, -0.1) is 6.58 Å². The average Bonchev–Trinajstić information content (AvgIpc) is 3.10. The predicted octanol–water partition coefficient (Wildman–Crippen LogP) is 4.50. The molecular formula is C15H18. The molecule has 1 aliphatic rings. The molecule has 15 heavy (non-hydrogen) atoms. The number of hydrogen-bond donors (Lipinski definition) is 0. The van der Waals surface area contributed by atoms with Crippen LogP contribution >= 0.6 is 0 Å². The van der Waals surface area contributed by atoms with Gasteiger partial charge in [0.2, 0.25) is 0 Å². The zero-order chi connectivity index (χ0) is 10.8. The van der Waals surface area contributed by atoms with Crippen LogP contribution in [0.15, 0.2) is 37.4 Å². The minimum absolute atomic E-state index is 0.414. The number of rotatable bonds is 4. The van der Waals surface area contributed by atoms with Crippen LogP contribution in [0.2, 0.25) is 0 Å². The lowest BCUT2D eigenvalue weighted by Crippen LogP contribution is -1.96. The first kappa shape index (κ1) is 10.2. The van der Waals surface area contributed by atoms with Gasteiger partial charge in [-0.2, -0.15) is 0 Å². The Balaban J connectivity index is 2.48. The summed E-state index contributed by atoms with van der Waals surface area (Å²) >= 11 is 0. The molecule has 1 saturated carbocycles. The van der Waals surface area contributed by atoms with Gasteiger partial charge in [0.1, 0.15) is 0 Å². The first-order valence-corrected chi connectivity index (χ1v) is 5.65. The van der Waals surface area contributed by atoms with Crippen molar-refractivity contribution in [3.05, 3.63) is 54.1 Å². The van der Waals surface area contributed by atoms with E-state index in [1.807, 2.05) is 12.2 Å². The quantitative estimate of drug-likeness (QED) is 0.625. The molecule has 0 radical (unpaired) electrons. The van der Waals surface area contributed by atoms with Crippen LogP contribution in [0.25, 0.3) is 6.08 Å². The van der Waals surface area contributed by atoms with Crippen LogP contribution in [0.3, 0.4) is 0 Å². The van der Waals surface area contributed by atoms with Gasteiger partial charge >= 0.3 is 0 Å². The standard InChI is InChI=1S/C15H18/c1-4-11(3)14-7-6-8-15(12-9-10-12)13(14)5-2/h4-8,11-12H,1-2,9-10H2,3H3. The summed E-state index contributed by atoms with van der Waals surface area (Å²) in [5, 5.41) is 0. The average molecular weight is 198 g/mol. The van der Waals surface area contributed by atoms with Gasteiger partial charge in [0, 0.05) is 0 Å². The van der Waals surface area contributed by atoms with Crippen molar-refractivity contribution in [3.63, 3.8) is 0 Å². The zero-order valence-electron chi connectivity index (χ0n) is 9.37.